The number of nitro benzene ring substituents is 1. The number of nitro groups is 1. The minimum Gasteiger partial charge on any atom is -0.370 e. The maximum Gasteiger partial charge on any atom is 0.295 e. The highest BCUT2D eigenvalue weighted by atomic mass is 19.1. The molecule has 0 aliphatic heterocycles. The molecule has 7 heteroatoms. The molecule has 0 spiro atoms. The number of aryl methyl sites for hydroxylation is 2. The number of aromatic nitrogens is 2. The number of para-hydroxylation sites is 1. The van der Waals surface area contributed by atoms with Crippen LogP contribution >= 0.6 is 0 Å². The van der Waals surface area contributed by atoms with Crippen LogP contribution in [0.5, 0.6) is 0 Å². The molecule has 0 saturated heterocycles. The van der Waals surface area contributed by atoms with Crippen LogP contribution in [0, 0.1) is 22.9 Å². The van der Waals surface area contributed by atoms with Crippen LogP contribution in [0.4, 0.5) is 15.8 Å². The second-order valence-corrected chi connectivity index (χ2v) is 4.60. The molecule has 1 heterocycles. The van der Waals surface area contributed by atoms with Crippen molar-refractivity contribution in [2.75, 3.05) is 5.32 Å². The molecule has 1 unspecified atom stereocenters. The molecule has 0 bridgehead atoms. The van der Waals surface area contributed by atoms with Gasteiger partial charge in [-0.15, -0.1) is 0 Å². The van der Waals surface area contributed by atoms with Gasteiger partial charge >= 0.3 is 0 Å². The first-order valence-electron chi connectivity index (χ1n) is 6.09. The van der Waals surface area contributed by atoms with Gasteiger partial charge in [-0.2, -0.15) is 5.10 Å². The fourth-order valence-electron chi connectivity index (χ4n) is 2.15. The van der Waals surface area contributed by atoms with E-state index in [1.807, 2.05) is 6.92 Å². The summed E-state index contributed by atoms with van der Waals surface area (Å²) in [5.41, 5.74) is 1.28. The van der Waals surface area contributed by atoms with Crippen molar-refractivity contribution in [3.63, 3.8) is 0 Å². The van der Waals surface area contributed by atoms with Crippen molar-refractivity contribution in [3.8, 4) is 0 Å². The summed E-state index contributed by atoms with van der Waals surface area (Å²) in [5.74, 6) is -0.646. The molecule has 106 valence electrons. The first kappa shape index (κ1) is 14.0. The van der Waals surface area contributed by atoms with E-state index in [2.05, 4.69) is 10.4 Å². The lowest BCUT2D eigenvalue weighted by Crippen LogP contribution is -2.10. The molecule has 0 aliphatic rings. The van der Waals surface area contributed by atoms with Gasteiger partial charge in [0.25, 0.3) is 5.69 Å². The van der Waals surface area contributed by atoms with E-state index < -0.39 is 10.7 Å². The van der Waals surface area contributed by atoms with Gasteiger partial charge in [0.15, 0.2) is 5.82 Å². The van der Waals surface area contributed by atoms with E-state index in [4.69, 9.17) is 0 Å². The topological polar surface area (TPSA) is 73.0 Å². The molecule has 1 aromatic carbocycles. The number of rotatable bonds is 4. The summed E-state index contributed by atoms with van der Waals surface area (Å²) in [5, 5.41) is 18.0. The van der Waals surface area contributed by atoms with Crippen molar-refractivity contribution in [2.24, 2.45) is 7.05 Å². The van der Waals surface area contributed by atoms with E-state index in [1.165, 1.54) is 18.2 Å². The van der Waals surface area contributed by atoms with Crippen molar-refractivity contribution in [1.82, 2.24) is 9.78 Å². The third-order valence-electron chi connectivity index (χ3n) is 3.07. The van der Waals surface area contributed by atoms with Crippen molar-refractivity contribution >= 4 is 11.4 Å². The number of nitrogens with zero attached hydrogens (tertiary/aromatic N) is 3. The maximum atomic E-state index is 13.8. The minimum atomic E-state index is -0.646. The Balaban J connectivity index is 2.35. The molecule has 1 N–H and O–H groups in total. The van der Waals surface area contributed by atoms with Crippen LogP contribution in [0.3, 0.4) is 0 Å². The van der Waals surface area contributed by atoms with Crippen LogP contribution in [0.25, 0.3) is 0 Å². The summed E-state index contributed by atoms with van der Waals surface area (Å²) in [6.07, 6.45) is 1.81. The van der Waals surface area contributed by atoms with E-state index in [9.17, 15) is 14.5 Å². The highest BCUT2D eigenvalue weighted by Gasteiger charge is 2.21. The molecule has 2 aromatic rings. The van der Waals surface area contributed by atoms with Crippen LogP contribution < -0.4 is 5.32 Å². The molecule has 1 aromatic heterocycles. The molecule has 6 nitrogen and oxygen atoms in total. The zero-order chi connectivity index (χ0) is 14.9. The van der Waals surface area contributed by atoms with Crippen LogP contribution in [-0.4, -0.2) is 14.7 Å². The second kappa shape index (κ2) is 5.28. The third-order valence-corrected chi connectivity index (χ3v) is 3.07. The zero-order valence-corrected chi connectivity index (χ0v) is 11.4. The second-order valence-electron chi connectivity index (χ2n) is 4.60. The Hall–Kier alpha value is -2.44. The molecule has 0 radical (unpaired) electrons. The Bertz CT molecular complexity index is 654. The molecule has 0 saturated carbocycles. The van der Waals surface area contributed by atoms with Crippen LogP contribution in [-0.2, 0) is 7.05 Å². The Morgan fingerprint density at radius 2 is 2.20 bits per heavy atom. The fraction of sp³-hybridized carbons (Fsp3) is 0.308. The molecule has 0 amide bonds. The normalized spacial score (nSPS) is 12.2. The smallest absolute Gasteiger partial charge is 0.295 e. The highest BCUT2D eigenvalue weighted by Crippen LogP contribution is 2.31. The number of hydrogen-bond acceptors (Lipinski definition) is 4. The molecular weight excluding hydrogens is 263 g/mol. The summed E-state index contributed by atoms with van der Waals surface area (Å²) in [6.45, 7) is 3.64. The van der Waals surface area contributed by atoms with Gasteiger partial charge in [0, 0.05) is 24.9 Å². The summed E-state index contributed by atoms with van der Waals surface area (Å²) in [4.78, 5) is 10.3. The summed E-state index contributed by atoms with van der Waals surface area (Å²) in [7, 11) is 1.79. The average Bonchev–Trinajstić information content (AvgIpc) is 2.70. The van der Waals surface area contributed by atoms with Gasteiger partial charge in [0.05, 0.1) is 16.7 Å². The first-order valence-corrected chi connectivity index (χ1v) is 6.09. The lowest BCUT2D eigenvalue weighted by Gasteiger charge is -2.15. The van der Waals surface area contributed by atoms with Gasteiger partial charge in [-0.1, -0.05) is 6.07 Å². The number of nitrogens with one attached hydrogen (secondary N) is 1. The third kappa shape index (κ3) is 2.61. The van der Waals surface area contributed by atoms with E-state index in [-0.39, 0.29) is 17.4 Å². The van der Waals surface area contributed by atoms with Gasteiger partial charge in [0.2, 0.25) is 0 Å². The lowest BCUT2D eigenvalue weighted by atomic mass is 10.1. The Morgan fingerprint density at radius 3 is 2.75 bits per heavy atom. The van der Waals surface area contributed by atoms with Crippen molar-refractivity contribution in [3.05, 3.63) is 51.6 Å². The average molecular weight is 278 g/mol. The standard InChI is InChI=1S/C13H15FN4O2/c1-8(10-7-17(3)16-9(10)2)15-13-11(14)5-4-6-12(13)18(19)20/h4-8,15H,1-3H3. The van der Waals surface area contributed by atoms with Gasteiger partial charge in [0.1, 0.15) is 5.69 Å². The molecule has 20 heavy (non-hydrogen) atoms. The monoisotopic (exact) mass is 278 g/mol. The van der Waals surface area contributed by atoms with E-state index >= 15 is 0 Å². The van der Waals surface area contributed by atoms with Crippen molar-refractivity contribution in [2.45, 2.75) is 19.9 Å². The van der Waals surface area contributed by atoms with Crippen LogP contribution in [0.2, 0.25) is 0 Å². The summed E-state index contributed by atoms with van der Waals surface area (Å²) in [6, 6.07) is 3.49. The number of hydrogen-bond donors (Lipinski definition) is 1. The van der Waals surface area contributed by atoms with E-state index in [0.29, 0.717) is 0 Å². The first-order chi connectivity index (χ1) is 9.40. The fourth-order valence-corrected chi connectivity index (χ4v) is 2.15. The molecule has 1 atom stereocenters. The van der Waals surface area contributed by atoms with Gasteiger partial charge in [-0.3, -0.25) is 14.8 Å². The van der Waals surface area contributed by atoms with Crippen LogP contribution in [0.15, 0.2) is 24.4 Å². The predicted molar refractivity (Wildman–Crippen MR) is 73.0 cm³/mol. The van der Waals surface area contributed by atoms with E-state index in [0.717, 1.165) is 11.3 Å². The number of benzene rings is 1. The van der Waals surface area contributed by atoms with Crippen molar-refractivity contribution < 1.29 is 9.31 Å². The highest BCUT2D eigenvalue weighted by molar-refractivity contribution is 5.63. The predicted octanol–water partition coefficient (Wildman–Crippen LogP) is 2.95. The quantitative estimate of drug-likeness (QED) is 0.689. The van der Waals surface area contributed by atoms with Crippen LogP contribution in [0.1, 0.15) is 24.2 Å². The molecule has 2 rings (SSSR count). The van der Waals surface area contributed by atoms with Gasteiger partial charge in [-0.25, -0.2) is 4.39 Å². The van der Waals surface area contributed by atoms with Crippen molar-refractivity contribution in [1.29, 1.82) is 0 Å². The summed E-state index contributed by atoms with van der Waals surface area (Å²) < 4.78 is 15.5. The Morgan fingerprint density at radius 1 is 1.50 bits per heavy atom. The molecular formula is C13H15FN4O2. The van der Waals surface area contributed by atoms with E-state index in [1.54, 1.807) is 24.9 Å². The number of halogens is 1. The SMILES string of the molecule is Cc1nn(C)cc1C(C)Nc1c(F)cccc1[N+](=O)[O-]. The Kier molecular flexibility index (Phi) is 3.69. The Labute approximate surface area is 115 Å². The molecule has 0 fully saturated rings. The van der Waals surface area contributed by atoms with Gasteiger partial charge in [-0.05, 0) is 19.9 Å². The summed E-state index contributed by atoms with van der Waals surface area (Å²) >= 11 is 0. The molecule has 0 aliphatic carbocycles. The lowest BCUT2D eigenvalue weighted by molar-refractivity contribution is -0.384. The number of anilines is 1. The van der Waals surface area contributed by atoms with Gasteiger partial charge < -0.3 is 5.32 Å². The maximum absolute atomic E-state index is 13.8. The largest absolute Gasteiger partial charge is 0.370 e. The minimum absolute atomic E-state index is 0.103. The zero-order valence-electron chi connectivity index (χ0n) is 11.4.